The summed E-state index contributed by atoms with van der Waals surface area (Å²) in [6.45, 7) is -0.314. The van der Waals surface area contributed by atoms with Crippen LogP contribution in [0.5, 0.6) is 5.88 Å². The van der Waals surface area contributed by atoms with Gasteiger partial charge >= 0.3 is 5.69 Å². The number of anilines is 1. The largest absolute Gasteiger partial charge is 0.480 e. The zero-order chi connectivity index (χ0) is 26.4. The number of benzene rings is 1. The van der Waals surface area contributed by atoms with Crippen molar-refractivity contribution in [2.45, 2.75) is 25.7 Å². The first-order chi connectivity index (χ1) is 17.7. The smallest absolute Gasteiger partial charge is 0.332 e. The van der Waals surface area contributed by atoms with E-state index in [-0.39, 0.29) is 53.5 Å². The van der Waals surface area contributed by atoms with Gasteiger partial charge in [0.15, 0.2) is 23.3 Å². The number of methoxy groups -OCH3 is 1. The summed E-state index contributed by atoms with van der Waals surface area (Å²) in [7, 11) is 2.90. The van der Waals surface area contributed by atoms with Gasteiger partial charge in [0.05, 0.1) is 32.3 Å². The number of aromatic nitrogens is 6. The molecule has 3 aromatic heterocycles. The summed E-state index contributed by atoms with van der Waals surface area (Å²) in [6, 6.07) is 2.96. The van der Waals surface area contributed by atoms with E-state index in [1.807, 2.05) is 0 Å². The lowest BCUT2D eigenvalue weighted by molar-refractivity contribution is 0.364. The van der Waals surface area contributed by atoms with Crippen LogP contribution in [0.3, 0.4) is 0 Å². The second kappa shape index (κ2) is 9.33. The number of rotatable bonds is 6. The molecular formula is C23H21F4N7O3. The van der Waals surface area contributed by atoms with Gasteiger partial charge in [-0.3, -0.25) is 18.6 Å². The molecule has 5 rings (SSSR count). The van der Waals surface area contributed by atoms with Crippen LogP contribution in [0.4, 0.5) is 23.4 Å². The van der Waals surface area contributed by atoms with Crippen LogP contribution in [0, 0.1) is 17.5 Å². The van der Waals surface area contributed by atoms with E-state index in [0.29, 0.717) is 6.54 Å². The second-order valence-electron chi connectivity index (χ2n) is 8.68. The summed E-state index contributed by atoms with van der Waals surface area (Å²) >= 11 is 0. The Balaban J connectivity index is 1.77. The molecule has 0 spiro atoms. The lowest BCUT2D eigenvalue weighted by Gasteiger charge is -2.20. The highest BCUT2D eigenvalue weighted by atomic mass is 19.2. The maximum Gasteiger partial charge on any atom is 0.332 e. The Kier molecular flexibility index (Phi) is 6.17. The van der Waals surface area contributed by atoms with Crippen LogP contribution in [-0.4, -0.2) is 55.3 Å². The minimum atomic E-state index is -1.64. The van der Waals surface area contributed by atoms with Gasteiger partial charge in [-0.1, -0.05) is 0 Å². The summed E-state index contributed by atoms with van der Waals surface area (Å²) in [6.07, 6.45) is 0.601. The van der Waals surface area contributed by atoms with Crippen molar-refractivity contribution in [2.75, 3.05) is 25.1 Å². The van der Waals surface area contributed by atoms with Gasteiger partial charge in [-0.15, -0.1) is 0 Å². The van der Waals surface area contributed by atoms with Crippen LogP contribution >= 0.6 is 0 Å². The van der Waals surface area contributed by atoms with Crippen molar-refractivity contribution < 1.29 is 22.3 Å². The van der Waals surface area contributed by atoms with Gasteiger partial charge in [0.25, 0.3) is 5.56 Å². The highest BCUT2D eigenvalue weighted by Crippen LogP contribution is 2.28. The van der Waals surface area contributed by atoms with Crippen LogP contribution in [0.15, 0.2) is 34.1 Å². The molecule has 0 amide bonds. The molecule has 194 valence electrons. The molecule has 37 heavy (non-hydrogen) atoms. The summed E-state index contributed by atoms with van der Waals surface area (Å²) in [5, 5.41) is 4.02. The first-order valence-electron chi connectivity index (χ1n) is 11.3. The molecule has 1 fully saturated rings. The summed E-state index contributed by atoms with van der Waals surface area (Å²) in [5.74, 6) is -4.18. The highest BCUT2D eigenvalue weighted by Gasteiger charge is 2.26. The molecular weight excluding hydrogens is 498 g/mol. The number of nitrogens with zero attached hydrogens (tertiary/aromatic N) is 7. The minimum absolute atomic E-state index is 0.0505. The highest BCUT2D eigenvalue weighted by molar-refractivity contribution is 5.85. The maximum atomic E-state index is 14.0. The normalized spacial score (nSPS) is 15.6. The fraction of sp³-hybridized carbons (Fsp3) is 0.348. The molecule has 1 atom stereocenters. The van der Waals surface area contributed by atoms with Crippen molar-refractivity contribution in [2.24, 2.45) is 7.05 Å². The molecule has 4 aromatic rings. The van der Waals surface area contributed by atoms with E-state index < -0.39 is 41.4 Å². The maximum absolute atomic E-state index is 14.0. The second-order valence-corrected chi connectivity index (χ2v) is 8.68. The summed E-state index contributed by atoms with van der Waals surface area (Å²) < 4.78 is 64.1. The molecule has 0 aliphatic carbocycles. The number of hydrogen-bond donors (Lipinski definition) is 0. The molecule has 1 aliphatic rings. The van der Waals surface area contributed by atoms with Gasteiger partial charge in [-0.25, -0.2) is 27.3 Å². The Labute approximate surface area is 206 Å². The van der Waals surface area contributed by atoms with E-state index in [9.17, 15) is 27.2 Å². The average molecular weight is 519 g/mol. The number of hydrogen-bond acceptors (Lipinski definition) is 7. The Morgan fingerprint density at radius 1 is 1.08 bits per heavy atom. The molecule has 1 aromatic carbocycles. The standard InChI is InChI=1S/C23H21F4N7O3/c1-31-11-28-17(30-31)10-34-22(35)19-16(7-18(29-21(19)37-2)32-4-3-13(24)9-32)33(23(34)36)8-12-5-14(25)20(27)15(26)6-12/h5-7,11,13H,3-4,8-10H2,1-2H3/t13-/m1/s1. The van der Waals surface area contributed by atoms with Gasteiger partial charge in [-0.05, 0) is 24.1 Å². The van der Waals surface area contributed by atoms with Gasteiger partial charge in [0.1, 0.15) is 23.7 Å². The fourth-order valence-corrected chi connectivity index (χ4v) is 4.39. The number of halogens is 4. The quantitative estimate of drug-likeness (QED) is 0.283. The lowest BCUT2D eigenvalue weighted by Crippen LogP contribution is -2.41. The molecule has 1 saturated heterocycles. The van der Waals surface area contributed by atoms with Crippen molar-refractivity contribution in [3.05, 3.63) is 74.2 Å². The molecule has 0 N–H and O–H groups in total. The summed E-state index contributed by atoms with van der Waals surface area (Å²) in [5.41, 5.74) is -1.60. The molecule has 10 nitrogen and oxygen atoms in total. The molecule has 14 heteroatoms. The van der Waals surface area contributed by atoms with Crippen molar-refractivity contribution in [1.82, 2.24) is 28.9 Å². The molecule has 0 bridgehead atoms. The predicted molar refractivity (Wildman–Crippen MR) is 124 cm³/mol. The zero-order valence-electron chi connectivity index (χ0n) is 19.8. The van der Waals surface area contributed by atoms with Crippen molar-refractivity contribution >= 4 is 16.7 Å². The van der Waals surface area contributed by atoms with Crippen LogP contribution in [0.1, 0.15) is 17.8 Å². The van der Waals surface area contributed by atoms with Crippen LogP contribution in [0.2, 0.25) is 0 Å². The Morgan fingerprint density at radius 2 is 1.81 bits per heavy atom. The van der Waals surface area contributed by atoms with Gasteiger partial charge in [0.2, 0.25) is 5.88 Å². The number of alkyl halides is 1. The van der Waals surface area contributed by atoms with E-state index in [0.717, 1.165) is 21.3 Å². The number of ether oxygens (including phenoxy) is 1. The van der Waals surface area contributed by atoms with Gasteiger partial charge < -0.3 is 9.64 Å². The van der Waals surface area contributed by atoms with E-state index >= 15 is 0 Å². The molecule has 0 saturated carbocycles. The predicted octanol–water partition coefficient (Wildman–Crippen LogP) is 1.76. The van der Waals surface area contributed by atoms with E-state index in [1.54, 1.807) is 11.9 Å². The molecule has 1 aliphatic heterocycles. The Hall–Kier alpha value is -4.23. The fourth-order valence-electron chi connectivity index (χ4n) is 4.39. The first kappa shape index (κ1) is 24.5. The van der Waals surface area contributed by atoms with E-state index in [2.05, 4.69) is 15.1 Å². The van der Waals surface area contributed by atoms with Crippen molar-refractivity contribution in [1.29, 1.82) is 0 Å². The SMILES string of the molecule is COc1nc(N2CC[C@@H](F)C2)cc2c1c(=O)n(Cc1ncn(C)n1)c(=O)n2Cc1cc(F)c(F)c(F)c1. The number of fused-ring (bicyclic) bond motifs is 1. The van der Waals surface area contributed by atoms with Crippen LogP contribution in [-0.2, 0) is 20.1 Å². The molecule has 4 heterocycles. The monoisotopic (exact) mass is 519 g/mol. The molecule has 0 radical (unpaired) electrons. The van der Waals surface area contributed by atoms with E-state index in [1.165, 1.54) is 24.2 Å². The number of aryl methyl sites for hydroxylation is 1. The van der Waals surface area contributed by atoms with E-state index in [4.69, 9.17) is 4.74 Å². The van der Waals surface area contributed by atoms with Crippen molar-refractivity contribution in [3.8, 4) is 5.88 Å². The summed E-state index contributed by atoms with van der Waals surface area (Å²) in [4.78, 5) is 37.2. The topological polar surface area (TPSA) is 100 Å². The number of pyridine rings is 1. The lowest BCUT2D eigenvalue weighted by atomic mass is 10.2. The average Bonchev–Trinajstić information content (AvgIpc) is 3.49. The van der Waals surface area contributed by atoms with Gasteiger partial charge in [-0.2, -0.15) is 10.1 Å². The third-order valence-corrected chi connectivity index (χ3v) is 6.14. The van der Waals surface area contributed by atoms with Crippen LogP contribution < -0.4 is 20.9 Å². The Bertz CT molecular complexity index is 1610. The first-order valence-corrected chi connectivity index (χ1v) is 11.3. The van der Waals surface area contributed by atoms with Gasteiger partial charge in [0, 0.05) is 19.7 Å². The zero-order valence-corrected chi connectivity index (χ0v) is 19.8. The Morgan fingerprint density at radius 3 is 2.41 bits per heavy atom. The third kappa shape index (κ3) is 4.42. The third-order valence-electron chi connectivity index (χ3n) is 6.14. The van der Waals surface area contributed by atoms with Crippen molar-refractivity contribution in [3.63, 3.8) is 0 Å². The van der Waals surface area contributed by atoms with Crippen LogP contribution in [0.25, 0.3) is 10.9 Å². The minimum Gasteiger partial charge on any atom is -0.480 e. The molecule has 0 unspecified atom stereocenters.